The highest BCUT2D eigenvalue weighted by atomic mass is 79.9. The maximum Gasteiger partial charge on any atom is 0.252 e. The van der Waals surface area contributed by atoms with Crippen LogP contribution in [0.4, 0.5) is 4.39 Å². The van der Waals surface area contributed by atoms with E-state index >= 15 is 0 Å². The number of hydrogen-bond acceptors (Lipinski definition) is 2. The summed E-state index contributed by atoms with van der Waals surface area (Å²) >= 11 is 3.21. The Labute approximate surface area is 102 Å². The number of benzene rings is 1. The summed E-state index contributed by atoms with van der Waals surface area (Å²) in [6.45, 7) is 2.30. The fraction of sp³-hybridized carbons (Fsp3) is 0.364. The Bertz CT molecular complexity index is 380. The number of carbonyl (C=O) groups excluding carboxylic acids is 1. The second-order valence-corrected chi connectivity index (χ2v) is 4.29. The fourth-order valence-corrected chi connectivity index (χ4v) is 1.69. The molecule has 0 aliphatic heterocycles. The van der Waals surface area contributed by atoms with E-state index in [1.54, 1.807) is 0 Å². The van der Waals surface area contributed by atoms with Crippen LogP contribution in [-0.2, 0) is 0 Å². The molecule has 0 spiro atoms. The summed E-state index contributed by atoms with van der Waals surface area (Å²) in [7, 11) is 0. The zero-order valence-corrected chi connectivity index (χ0v) is 10.6. The molecule has 88 valence electrons. The molecule has 1 unspecified atom stereocenters. The average Bonchev–Trinajstić information content (AvgIpc) is 2.28. The summed E-state index contributed by atoms with van der Waals surface area (Å²) in [6.07, 6.45) is 0.745. The monoisotopic (exact) mass is 288 g/mol. The van der Waals surface area contributed by atoms with Crippen molar-refractivity contribution < 1.29 is 9.18 Å². The van der Waals surface area contributed by atoms with Gasteiger partial charge in [0, 0.05) is 17.1 Å². The SMILES string of the molecule is CCC(CN)NC(=O)c1cc(F)ccc1Br. The molecule has 3 N–H and O–H groups in total. The summed E-state index contributed by atoms with van der Waals surface area (Å²) in [4.78, 5) is 11.8. The van der Waals surface area contributed by atoms with E-state index in [2.05, 4.69) is 21.2 Å². The van der Waals surface area contributed by atoms with E-state index in [0.717, 1.165) is 6.42 Å². The van der Waals surface area contributed by atoms with Crippen molar-refractivity contribution in [3.05, 3.63) is 34.1 Å². The van der Waals surface area contributed by atoms with Crippen molar-refractivity contribution >= 4 is 21.8 Å². The van der Waals surface area contributed by atoms with Crippen molar-refractivity contribution in [1.29, 1.82) is 0 Å². The normalized spacial score (nSPS) is 12.2. The van der Waals surface area contributed by atoms with Crippen molar-refractivity contribution in [3.63, 3.8) is 0 Å². The van der Waals surface area contributed by atoms with E-state index < -0.39 is 5.82 Å². The second kappa shape index (κ2) is 5.96. The van der Waals surface area contributed by atoms with Crippen molar-refractivity contribution in [2.45, 2.75) is 19.4 Å². The van der Waals surface area contributed by atoms with Gasteiger partial charge in [0.05, 0.1) is 5.56 Å². The van der Waals surface area contributed by atoms with Gasteiger partial charge in [-0.05, 0) is 40.5 Å². The van der Waals surface area contributed by atoms with Crippen molar-refractivity contribution in [2.24, 2.45) is 5.73 Å². The van der Waals surface area contributed by atoms with Crippen LogP contribution in [0.25, 0.3) is 0 Å². The largest absolute Gasteiger partial charge is 0.348 e. The molecule has 0 saturated heterocycles. The summed E-state index contributed by atoms with van der Waals surface area (Å²) < 4.78 is 13.6. The Morgan fingerprint density at radius 3 is 2.88 bits per heavy atom. The lowest BCUT2D eigenvalue weighted by molar-refractivity contribution is 0.0936. The second-order valence-electron chi connectivity index (χ2n) is 3.44. The molecule has 1 rings (SSSR count). The van der Waals surface area contributed by atoms with Gasteiger partial charge in [0.2, 0.25) is 0 Å². The van der Waals surface area contributed by atoms with Gasteiger partial charge < -0.3 is 11.1 Å². The van der Waals surface area contributed by atoms with Gasteiger partial charge in [-0.2, -0.15) is 0 Å². The lowest BCUT2D eigenvalue weighted by atomic mass is 10.1. The van der Waals surface area contributed by atoms with E-state index in [9.17, 15) is 9.18 Å². The maximum absolute atomic E-state index is 13.0. The van der Waals surface area contributed by atoms with E-state index in [4.69, 9.17) is 5.73 Å². The van der Waals surface area contributed by atoms with Gasteiger partial charge in [-0.15, -0.1) is 0 Å². The molecule has 0 aromatic heterocycles. The Morgan fingerprint density at radius 2 is 2.31 bits per heavy atom. The number of rotatable bonds is 4. The Hall–Kier alpha value is -0.940. The van der Waals surface area contributed by atoms with Crippen molar-refractivity contribution in [2.75, 3.05) is 6.54 Å². The van der Waals surface area contributed by atoms with Gasteiger partial charge in [0.1, 0.15) is 5.82 Å². The number of amides is 1. The lowest BCUT2D eigenvalue weighted by Gasteiger charge is -2.15. The topological polar surface area (TPSA) is 55.1 Å². The fourth-order valence-electron chi connectivity index (χ4n) is 1.26. The quantitative estimate of drug-likeness (QED) is 0.891. The van der Waals surface area contributed by atoms with Crippen LogP contribution in [-0.4, -0.2) is 18.5 Å². The van der Waals surface area contributed by atoms with E-state index in [1.807, 2.05) is 6.92 Å². The molecule has 0 fully saturated rings. The van der Waals surface area contributed by atoms with Crippen LogP contribution >= 0.6 is 15.9 Å². The summed E-state index contributed by atoms with van der Waals surface area (Å²) in [6, 6.07) is 3.92. The van der Waals surface area contributed by atoms with Gasteiger partial charge in [-0.1, -0.05) is 6.92 Å². The highest BCUT2D eigenvalue weighted by molar-refractivity contribution is 9.10. The first-order chi connectivity index (χ1) is 7.58. The summed E-state index contributed by atoms with van der Waals surface area (Å²) in [5.41, 5.74) is 5.76. The molecular formula is C11H14BrFN2O. The van der Waals surface area contributed by atoms with Crippen LogP contribution in [0.15, 0.2) is 22.7 Å². The number of hydrogen-bond donors (Lipinski definition) is 2. The molecule has 0 heterocycles. The first kappa shape index (κ1) is 13.1. The van der Waals surface area contributed by atoms with Gasteiger partial charge in [-0.3, -0.25) is 4.79 Å². The number of nitrogens with one attached hydrogen (secondary N) is 1. The molecule has 1 aromatic carbocycles. The minimum Gasteiger partial charge on any atom is -0.348 e. The predicted molar refractivity (Wildman–Crippen MR) is 64.7 cm³/mol. The van der Waals surface area contributed by atoms with Crippen molar-refractivity contribution in [1.82, 2.24) is 5.32 Å². The zero-order valence-electron chi connectivity index (χ0n) is 8.97. The number of carbonyl (C=O) groups is 1. The third kappa shape index (κ3) is 3.28. The standard InChI is InChI=1S/C11H14BrFN2O/c1-2-8(6-14)15-11(16)9-5-7(13)3-4-10(9)12/h3-5,8H,2,6,14H2,1H3,(H,15,16). The predicted octanol–water partition coefficient (Wildman–Crippen LogP) is 2.06. The Morgan fingerprint density at radius 1 is 1.62 bits per heavy atom. The molecule has 5 heteroatoms. The zero-order chi connectivity index (χ0) is 12.1. The van der Waals surface area contributed by atoms with Crippen LogP contribution in [0.1, 0.15) is 23.7 Å². The molecule has 1 aromatic rings. The summed E-state index contributed by atoms with van der Waals surface area (Å²) in [5, 5.41) is 2.74. The van der Waals surface area contributed by atoms with Crippen LogP contribution in [0.3, 0.4) is 0 Å². The van der Waals surface area contributed by atoms with Crippen LogP contribution in [0.2, 0.25) is 0 Å². The van der Waals surface area contributed by atoms with E-state index in [-0.39, 0.29) is 17.5 Å². The van der Waals surface area contributed by atoms with Gasteiger partial charge >= 0.3 is 0 Å². The van der Waals surface area contributed by atoms with Gasteiger partial charge in [-0.25, -0.2) is 4.39 Å². The molecule has 3 nitrogen and oxygen atoms in total. The minimum atomic E-state index is -0.436. The van der Waals surface area contributed by atoms with E-state index in [0.29, 0.717) is 11.0 Å². The molecule has 0 saturated carbocycles. The Kier molecular flexibility index (Phi) is 4.89. The molecule has 0 aliphatic carbocycles. The third-order valence-electron chi connectivity index (χ3n) is 2.29. The number of nitrogens with two attached hydrogens (primary N) is 1. The molecule has 1 atom stereocenters. The molecule has 0 aliphatic rings. The molecule has 16 heavy (non-hydrogen) atoms. The molecule has 0 bridgehead atoms. The third-order valence-corrected chi connectivity index (χ3v) is 2.98. The lowest BCUT2D eigenvalue weighted by Crippen LogP contribution is -2.39. The first-order valence-corrected chi connectivity index (χ1v) is 5.83. The minimum absolute atomic E-state index is 0.0809. The van der Waals surface area contributed by atoms with E-state index in [1.165, 1.54) is 18.2 Å². The van der Waals surface area contributed by atoms with Crippen LogP contribution in [0.5, 0.6) is 0 Å². The van der Waals surface area contributed by atoms with Crippen molar-refractivity contribution in [3.8, 4) is 0 Å². The number of halogens is 2. The molecule has 1 amide bonds. The average molecular weight is 289 g/mol. The summed E-state index contributed by atoms with van der Waals surface area (Å²) in [5.74, 6) is -0.752. The highest BCUT2D eigenvalue weighted by Crippen LogP contribution is 2.17. The van der Waals surface area contributed by atoms with Crippen LogP contribution < -0.4 is 11.1 Å². The highest BCUT2D eigenvalue weighted by Gasteiger charge is 2.14. The van der Waals surface area contributed by atoms with Gasteiger partial charge in [0.15, 0.2) is 0 Å². The van der Waals surface area contributed by atoms with Crippen LogP contribution in [0, 0.1) is 5.82 Å². The smallest absolute Gasteiger partial charge is 0.252 e. The molecule has 0 radical (unpaired) electrons. The Balaban J connectivity index is 2.83. The first-order valence-electron chi connectivity index (χ1n) is 5.04. The maximum atomic E-state index is 13.0. The van der Waals surface area contributed by atoms with Gasteiger partial charge in [0.25, 0.3) is 5.91 Å². The molecular weight excluding hydrogens is 275 g/mol.